The Labute approximate surface area is 85.2 Å². The number of aromatic nitrogens is 1. The van der Waals surface area contributed by atoms with Crippen LogP contribution < -0.4 is 5.73 Å². The van der Waals surface area contributed by atoms with E-state index in [9.17, 15) is 18.0 Å². The largest absolute Gasteiger partial charge is 0.365 e. The lowest BCUT2D eigenvalue weighted by atomic mass is 10.1. The summed E-state index contributed by atoms with van der Waals surface area (Å²) in [5.41, 5.74) is 3.11. The molecule has 3 nitrogen and oxygen atoms in total. The van der Waals surface area contributed by atoms with Gasteiger partial charge in [0.25, 0.3) is 12.3 Å². The fourth-order valence-corrected chi connectivity index (χ4v) is 1.40. The Morgan fingerprint density at radius 3 is 2.50 bits per heavy atom. The zero-order chi connectivity index (χ0) is 10.9. The van der Waals surface area contributed by atoms with Crippen molar-refractivity contribution in [1.82, 2.24) is 4.98 Å². The van der Waals surface area contributed by atoms with Gasteiger partial charge in [-0.1, -0.05) is 0 Å². The van der Waals surface area contributed by atoms with E-state index in [-0.39, 0.29) is 4.60 Å². The molecule has 14 heavy (non-hydrogen) atoms. The number of hydrogen-bond donors (Lipinski definition) is 1. The molecule has 1 aromatic rings. The standard InChI is InChI=1S/C7H4BrF3N2O/c8-5-4(6(10)11)3(7(12)14)2(9)1-13-5/h1,6H,(H2,12,14). The van der Waals surface area contributed by atoms with Gasteiger partial charge in [-0.25, -0.2) is 18.2 Å². The molecule has 1 rings (SSSR count). The average Bonchev–Trinajstić information content (AvgIpc) is 2.07. The molecule has 1 heterocycles. The molecular formula is C7H4BrF3N2O. The SMILES string of the molecule is NC(=O)c1c(F)cnc(Br)c1C(F)F. The molecule has 1 aromatic heterocycles. The Morgan fingerprint density at radius 1 is 1.57 bits per heavy atom. The number of nitrogens with two attached hydrogens (primary N) is 1. The molecule has 0 saturated heterocycles. The Kier molecular flexibility index (Phi) is 3.10. The Morgan fingerprint density at radius 2 is 2.14 bits per heavy atom. The Hall–Kier alpha value is -1.11. The van der Waals surface area contributed by atoms with Crippen molar-refractivity contribution in [3.63, 3.8) is 0 Å². The van der Waals surface area contributed by atoms with Crippen molar-refractivity contribution in [3.05, 3.63) is 27.7 Å². The van der Waals surface area contributed by atoms with E-state index < -0.39 is 29.3 Å². The third kappa shape index (κ3) is 1.87. The molecule has 0 saturated carbocycles. The summed E-state index contributed by atoms with van der Waals surface area (Å²) in [6.45, 7) is 0. The summed E-state index contributed by atoms with van der Waals surface area (Å²) in [6.07, 6.45) is -2.37. The number of primary amides is 1. The number of nitrogens with zero attached hydrogens (tertiary/aromatic N) is 1. The number of halogens is 4. The smallest absolute Gasteiger partial charge is 0.267 e. The number of carbonyl (C=O) groups excluding carboxylic acids is 1. The van der Waals surface area contributed by atoms with Gasteiger partial charge in [0.1, 0.15) is 4.60 Å². The van der Waals surface area contributed by atoms with Crippen molar-refractivity contribution in [2.75, 3.05) is 0 Å². The first kappa shape index (κ1) is 11.0. The van der Waals surface area contributed by atoms with Gasteiger partial charge in [0.05, 0.1) is 17.3 Å². The summed E-state index contributed by atoms with van der Waals surface area (Å²) >= 11 is 2.68. The van der Waals surface area contributed by atoms with Crippen LogP contribution in [0.25, 0.3) is 0 Å². The Bertz CT molecular complexity index is 383. The van der Waals surface area contributed by atoms with Gasteiger partial charge in [0.2, 0.25) is 0 Å². The maximum atomic E-state index is 12.9. The third-order valence-electron chi connectivity index (χ3n) is 1.49. The first-order chi connectivity index (χ1) is 6.45. The van der Waals surface area contributed by atoms with Gasteiger partial charge in [0.15, 0.2) is 5.82 Å². The van der Waals surface area contributed by atoms with Crippen molar-refractivity contribution < 1.29 is 18.0 Å². The molecule has 76 valence electrons. The molecule has 0 aliphatic heterocycles. The monoisotopic (exact) mass is 268 g/mol. The summed E-state index contributed by atoms with van der Waals surface area (Å²) in [7, 11) is 0. The predicted octanol–water partition coefficient (Wildman–Crippen LogP) is 2.02. The molecule has 0 spiro atoms. The summed E-state index contributed by atoms with van der Waals surface area (Å²) in [5.74, 6) is -2.41. The maximum absolute atomic E-state index is 12.9. The van der Waals surface area contributed by atoms with E-state index in [0.717, 1.165) is 0 Å². The number of rotatable bonds is 2. The van der Waals surface area contributed by atoms with E-state index in [1.807, 2.05) is 0 Å². The van der Waals surface area contributed by atoms with Crippen LogP contribution in [0.3, 0.4) is 0 Å². The number of pyridine rings is 1. The third-order valence-corrected chi connectivity index (χ3v) is 2.12. The van der Waals surface area contributed by atoms with E-state index in [1.54, 1.807) is 0 Å². The highest BCUT2D eigenvalue weighted by molar-refractivity contribution is 9.10. The second-order valence-electron chi connectivity index (χ2n) is 2.35. The second-order valence-corrected chi connectivity index (χ2v) is 3.10. The van der Waals surface area contributed by atoms with E-state index in [1.165, 1.54) is 0 Å². The predicted molar refractivity (Wildman–Crippen MR) is 45.4 cm³/mol. The fraction of sp³-hybridized carbons (Fsp3) is 0.143. The zero-order valence-corrected chi connectivity index (χ0v) is 8.19. The molecule has 1 amide bonds. The minimum atomic E-state index is -3.02. The van der Waals surface area contributed by atoms with Crippen LogP contribution in [0, 0.1) is 5.82 Å². The second kappa shape index (κ2) is 3.95. The van der Waals surface area contributed by atoms with Gasteiger partial charge in [-0.3, -0.25) is 4.79 Å². The van der Waals surface area contributed by atoms with Crippen LogP contribution in [-0.2, 0) is 0 Å². The van der Waals surface area contributed by atoms with Crippen LogP contribution in [0.1, 0.15) is 22.3 Å². The van der Waals surface area contributed by atoms with Crippen molar-refractivity contribution in [2.45, 2.75) is 6.43 Å². The molecular weight excluding hydrogens is 265 g/mol. The summed E-state index contributed by atoms with van der Waals surface area (Å²) in [4.78, 5) is 14.0. The molecule has 0 bridgehead atoms. The minimum Gasteiger partial charge on any atom is -0.365 e. The van der Waals surface area contributed by atoms with E-state index in [2.05, 4.69) is 20.9 Å². The highest BCUT2D eigenvalue weighted by atomic mass is 79.9. The van der Waals surface area contributed by atoms with Crippen LogP contribution >= 0.6 is 15.9 Å². The minimum absolute atomic E-state index is 0.289. The van der Waals surface area contributed by atoms with Crippen LogP contribution in [0.4, 0.5) is 13.2 Å². The van der Waals surface area contributed by atoms with E-state index in [0.29, 0.717) is 6.20 Å². The van der Waals surface area contributed by atoms with Crippen molar-refractivity contribution in [2.24, 2.45) is 5.73 Å². The van der Waals surface area contributed by atoms with Crippen LogP contribution in [-0.4, -0.2) is 10.9 Å². The summed E-state index contributed by atoms with van der Waals surface area (Å²) in [5, 5.41) is 0. The van der Waals surface area contributed by atoms with Gasteiger partial charge in [0, 0.05) is 0 Å². The molecule has 0 fully saturated rings. The lowest BCUT2D eigenvalue weighted by molar-refractivity contribution is 0.0980. The quantitative estimate of drug-likeness (QED) is 0.835. The van der Waals surface area contributed by atoms with Gasteiger partial charge in [-0.15, -0.1) is 0 Å². The molecule has 0 unspecified atom stereocenters. The van der Waals surface area contributed by atoms with Crippen LogP contribution in [0.15, 0.2) is 10.8 Å². The molecule has 7 heteroatoms. The highest BCUT2D eigenvalue weighted by Crippen LogP contribution is 2.30. The molecule has 0 aromatic carbocycles. The lowest BCUT2D eigenvalue weighted by Gasteiger charge is -2.07. The summed E-state index contributed by atoms with van der Waals surface area (Å²) in [6, 6.07) is 0. The first-order valence-corrected chi connectivity index (χ1v) is 4.16. The van der Waals surface area contributed by atoms with Crippen LogP contribution in [0.5, 0.6) is 0 Å². The topological polar surface area (TPSA) is 56.0 Å². The van der Waals surface area contributed by atoms with Crippen molar-refractivity contribution >= 4 is 21.8 Å². The molecule has 2 N–H and O–H groups in total. The van der Waals surface area contributed by atoms with Crippen LogP contribution in [0.2, 0.25) is 0 Å². The van der Waals surface area contributed by atoms with Crippen molar-refractivity contribution in [3.8, 4) is 0 Å². The van der Waals surface area contributed by atoms with Gasteiger partial charge in [-0.2, -0.15) is 0 Å². The number of amides is 1. The number of carbonyl (C=O) groups is 1. The highest BCUT2D eigenvalue weighted by Gasteiger charge is 2.24. The van der Waals surface area contributed by atoms with E-state index in [4.69, 9.17) is 5.73 Å². The zero-order valence-electron chi connectivity index (χ0n) is 6.60. The number of alkyl halides is 2. The lowest BCUT2D eigenvalue weighted by Crippen LogP contribution is -2.17. The molecule has 0 aliphatic carbocycles. The molecule has 0 aliphatic rings. The van der Waals surface area contributed by atoms with E-state index >= 15 is 0 Å². The van der Waals surface area contributed by atoms with Crippen molar-refractivity contribution in [1.29, 1.82) is 0 Å². The Balaban J connectivity index is 3.50. The molecule has 0 atom stereocenters. The van der Waals surface area contributed by atoms with Gasteiger partial charge in [-0.05, 0) is 15.9 Å². The van der Waals surface area contributed by atoms with Gasteiger partial charge < -0.3 is 5.73 Å². The van der Waals surface area contributed by atoms with Gasteiger partial charge >= 0.3 is 0 Å². The maximum Gasteiger partial charge on any atom is 0.267 e. The summed E-state index contributed by atoms with van der Waals surface area (Å²) < 4.78 is 37.4. The normalized spacial score (nSPS) is 10.6. The first-order valence-electron chi connectivity index (χ1n) is 3.37. The number of hydrogen-bond acceptors (Lipinski definition) is 2. The average molecular weight is 269 g/mol. The molecule has 0 radical (unpaired) electrons. The fourth-order valence-electron chi connectivity index (χ4n) is 0.929.